The summed E-state index contributed by atoms with van der Waals surface area (Å²) < 4.78 is 0. The van der Waals surface area contributed by atoms with Crippen molar-refractivity contribution >= 4 is 12.0 Å². The average Bonchev–Trinajstić information content (AvgIpc) is 1.96. The number of rotatable bonds is 3. The Kier molecular flexibility index (Phi) is 4.52. The van der Waals surface area contributed by atoms with Crippen molar-refractivity contribution in [2.75, 3.05) is 6.54 Å². The van der Waals surface area contributed by atoms with Gasteiger partial charge in [0, 0.05) is 6.20 Å². The molecular weight excluding hydrogens is 160 g/mol. The van der Waals surface area contributed by atoms with E-state index in [0.717, 1.165) is 5.57 Å². The fourth-order valence-electron chi connectivity index (χ4n) is 0.417. The number of nitrogens with one attached hydrogen (secondary N) is 2. The van der Waals surface area contributed by atoms with E-state index in [1.165, 1.54) is 6.20 Å². The SMILES string of the molecule is CC(C)=CNC(=O)NCC(=O)O. The standard InChI is InChI=1S/C7H12N2O3/c1-5(2)3-8-7(12)9-4-6(10)11/h3H,4H2,1-2H3,(H,10,11)(H2,8,9,12). The summed E-state index contributed by atoms with van der Waals surface area (Å²) in [6, 6.07) is -0.515. The fourth-order valence-corrected chi connectivity index (χ4v) is 0.417. The van der Waals surface area contributed by atoms with Gasteiger partial charge in [0.25, 0.3) is 0 Å². The van der Waals surface area contributed by atoms with E-state index in [-0.39, 0.29) is 6.54 Å². The summed E-state index contributed by atoms with van der Waals surface area (Å²) in [5.74, 6) is -1.07. The maximum atomic E-state index is 10.7. The number of carbonyl (C=O) groups excluding carboxylic acids is 1. The maximum Gasteiger partial charge on any atom is 0.323 e. The van der Waals surface area contributed by atoms with Gasteiger partial charge in [0.2, 0.25) is 0 Å². The molecule has 0 aromatic carbocycles. The molecule has 2 amide bonds. The minimum absolute atomic E-state index is 0.373. The number of aliphatic carboxylic acids is 1. The highest BCUT2D eigenvalue weighted by molar-refractivity contribution is 5.80. The van der Waals surface area contributed by atoms with Gasteiger partial charge in [-0.2, -0.15) is 0 Å². The van der Waals surface area contributed by atoms with Crippen LogP contribution in [0.25, 0.3) is 0 Å². The molecule has 3 N–H and O–H groups in total. The lowest BCUT2D eigenvalue weighted by atomic mass is 10.4. The van der Waals surface area contributed by atoms with Gasteiger partial charge in [0.05, 0.1) is 0 Å². The number of urea groups is 1. The first-order chi connectivity index (χ1) is 5.52. The molecule has 0 aromatic rings. The second-order valence-electron chi connectivity index (χ2n) is 2.44. The van der Waals surface area contributed by atoms with Crippen molar-refractivity contribution in [2.45, 2.75) is 13.8 Å². The Bertz CT molecular complexity index is 207. The molecule has 5 nitrogen and oxygen atoms in total. The van der Waals surface area contributed by atoms with Crippen LogP contribution in [-0.4, -0.2) is 23.7 Å². The summed E-state index contributed by atoms with van der Waals surface area (Å²) in [5.41, 5.74) is 0.931. The number of carbonyl (C=O) groups is 2. The van der Waals surface area contributed by atoms with Gasteiger partial charge in [0.1, 0.15) is 6.54 Å². The van der Waals surface area contributed by atoms with Crippen LogP contribution in [0, 0.1) is 0 Å². The van der Waals surface area contributed by atoms with Crippen LogP contribution >= 0.6 is 0 Å². The molecule has 5 heteroatoms. The molecule has 68 valence electrons. The molecule has 0 atom stereocenters. The number of hydrogen-bond donors (Lipinski definition) is 3. The van der Waals surface area contributed by atoms with Crippen molar-refractivity contribution in [2.24, 2.45) is 0 Å². The molecule has 0 saturated carbocycles. The fraction of sp³-hybridized carbons (Fsp3) is 0.429. The third kappa shape index (κ3) is 6.60. The maximum absolute atomic E-state index is 10.7. The highest BCUT2D eigenvalue weighted by Gasteiger charge is 1.99. The second kappa shape index (κ2) is 5.17. The van der Waals surface area contributed by atoms with Crippen LogP contribution in [0.15, 0.2) is 11.8 Å². The zero-order valence-electron chi connectivity index (χ0n) is 7.05. The molecule has 0 aliphatic rings. The van der Waals surface area contributed by atoms with Crippen LogP contribution in [0.4, 0.5) is 4.79 Å². The smallest absolute Gasteiger partial charge is 0.323 e. The molecule has 0 bridgehead atoms. The van der Waals surface area contributed by atoms with Gasteiger partial charge in [-0.1, -0.05) is 5.57 Å². The molecule has 0 rings (SSSR count). The Labute approximate surface area is 70.5 Å². The van der Waals surface area contributed by atoms with Crippen LogP contribution in [0.1, 0.15) is 13.8 Å². The summed E-state index contributed by atoms with van der Waals surface area (Å²) in [6.07, 6.45) is 1.50. The summed E-state index contributed by atoms with van der Waals surface area (Å²) in [4.78, 5) is 20.7. The highest BCUT2D eigenvalue weighted by atomic mass is 16.4. The van der Waals surface area contributed by atoms with Crippen molar-refractivity contribution < 1.29 is 14.7 Å². The highest BCUT2D eigenvalue weighted by Crippen LogP contribution is 1.82. The van der Waals surface area contributed by atoms with E-state index in [1.54, 1.807) is 0 Å². The van der Waals surface area contributed by atoms with E-state index in [0.29, 0.717) is 0 Å². The molecule has 0 saturated heterocycles. The van der Waals surface area contributed by atoms with Crippen LogP contribution in [0.3, 0.4) is 0 Å². The zero-order chi connectivity index (χ0) is 9.56. The second-order valence-corrected chi connectivity index (χ2v) is 2.44. The Morgan fingerprint density at radius 3 is 2.42 bits per heavy atom. The van der Waals surface area contributed by atoms with Crippen LogP contribution in [0.2, 0.25) is 0 Å². The van der Waals surface area contributed by atoms with E-state index in [2.05, 4.69) is 10.6 Å². The lowest BCUT2D eigenvalue weighted by Gasteiger charge is -2.00. The molecule has 12 heavy (non-hydrogen) atoms. The molecule has 0 spiro atoms. The lowest BCUT2D eigenvalue weighted by Crippen LogP contribution is -2.35. The summed E-state index contributed by atoms with van der Waals surface area (Å²) in [5, 5.41) is 12.7. The van der Waals surface area contributed by atoms with Gasteiger partial charge in [-0.15, -0.1) is 0 Å². The first-order valence-electron chi connectivity index (χ1n) is 3.42. The monoisotopic (exact) mass is 172 g/mol. The third-order valence-corrected chi connectivity index (χ3v) is 0.892. The zero-order valence-corrected chi connectivity index (χ0v) is 7.05. The largest absolute Gasteiger partial charge is 0.480 e. The van der Waals surface area contributed by atoms with Gasteiger partial charge in [0.15, 0.2) is 0 Å². The van der Waals surface area contributed by atoms with E-state index in [9.17, 15) is 9.59 Å². The van der Waals surface area contributed by atoms with Crippen molar-refractivity contribution in [3.63, 3.8) is 0 Å². The number of amides is 2. The van der Waals surface area contributed by atoms with Gasteiger partial charge >= 0.3 is 12.0 Å². The van der Waals surface area contributed by atoms with Crippen LogP contribution < -0.4 is 10.6 Å². The molecular formula is C7H12N2O3. The lowest BCUT2D eigenvalue weighted by molar-refractivity contribution is -0.135. The van der Waals surface area contributed by atoms with Crippen molar-refractivity contribution in [1.82, 2.24) is 10.6 Å². The number of hydrogen-bond acceptors (Lipinski definition) is 2. The predicted octanol–water partition coefficient (Wildman–Crippen LogP) is 0.294. The van der Waals surface area contributed by atoms with Gasteiger partial charge in [-0.3, -0.25) is 4.79 Å². The first-order valence-corrected chi connectivity index (χ1v) is 3.42. The number of carboxylic acid groups (broad SMARTS) is 1. The first kappa shape index (κ1) is 10.5. The van der Waals surface area contributed by atoms with Crippen LogP contribution in [-0.2, 0) is 4.79 Å². The average molecular weight is 172 g/mol. The minimum atomic E-state index is -1.07. The van der Waals surface area contributed by atoms with Crippen molar-refractivity contribution in [3.05, 3.63) is 11.8 Å². The Hall–Kier alpha value is -1.52. The van der Waals surface area contributed by atoms with E-state index >= 15 is 0 Å². The third-order valence-electron chi connectivity index (χ3n) is 0.892. The summed E-state index contributed by atoms with van der Waals surface area (Å²) in [7, 11) is 0. The number of allylic oxidation sites excluding steroid dienone is 1. The number of carboxylic acids is 1. The van der Waals surface area contributed by atoms with Gasteiger partial charge in [-0.05, 0) is 13.8 Å². The predicted molar refractivity (Wildman–Crippen MR) is 43.6 cm³/mol. The molecule has 0 aliphatic carbocycles. The molecule has 0 aromatic heterocycles. The molecule has 0 radical (unpaired) electrons. The topological polar surface area (TPSA) is 78.4 Å². The molecule has 0 unspecified atom stereocenters. The molecule has 0 heterocycles. The summed E-state index contributed by atoms with van der Waals surface area (Å²) in [6.45, 7) is 3.26. The Morgan fingerprint density at radius 2 is 2.00 bits per heavy atom. The molecule has 0 aliphatic heterocycles. The Balaban J connectivity index is 3.61. The normalized spacial score (nSPS) is 8.50. The minimum Gasteiger partial charge on any atom is -0.480 e. The summed E-state index contributed by atoms with van der Waals surface area (Å²) >= 11 is 0. The Morgan fingerprint density at radius 1 is 1.42 bits per heavy atom. The van der Waals surface area contributed by atoms with E-state index in [1.807, 2.05) is 13.8 Å². The van der Waals surface area contributed by atoms with E-state index in [4.69, 9.17) is 5.11 Å². The van der Waals surface area contributed by atoms with Crippen molar-refractivity contribution in [3.8, 4) is 0 Å². The van der Waals surface area contributed by atoms with E-state index < -0.39 is 12.0 Å². The quantitative estimate of drug-likeness (QED) is 0.572. The van der Waals surface area contributed by atoms with Crippen molar-refractivity contribution in [1.29, 1.82) is 0 Å². The van der Waals surface area contributed by atoms with Crippen LogP contribution in [0.5, 0.6) is 0 Å². The van der Waals surface area contributed by atoms with Gasteiger partial charge in [-0.25, -0.2) is 4.79 Å². The van der Waals surface area contributed by atoms with Gasteiger partial charge < -0.3 is 15.7 Å². The molecule has 0 fully saturated rings.